The van der Waals surface area contributed by atoms with E-state index >= 15 is 0 Å². The molecule has 2 atom stereocenters. The summed E-state index contributed by atoms with van der Waals surface area (Å²) in [5.74, 6) is -0.156. The molecule has 5 heteroatoms. The van der Waals surface area contributed by atoms with E-state index < -0.39 is 0 Å². The van der Waals surface area contributed by atoms with Crippen LogP contribution in [0.1, 0.15) is 30.9 Å². The van der Waals surface area contributed by atoms with E-state index in [0.29, 0.717) is 19.4 Å². The summed E-state index contributed by atoms with van der Waals surface area (Å²) < 4.78 is 13.0. The van der Waals surface area contributed by atoms with E-state index in [1.165, 1.54) is 24.6 Å². The number of rotatable bonds is 12. The van der Waals surface area contributed by atoms with E-state index in [0.717, 1.165) is 18.4 Å². The van der Waals surface area contributed by atoms with E-state index in [4.69, 9.17) is 0 Å². The fourth-order valence-corrected chi connectivity index (χ4v) is 3.18. The lowest BCUT2D eigenvalue weighted by Gasteiger charge is -2.18. The molecule has 150 valence electrons. The third kappa shape index (κ3) is 7.33. The first-order valence-corrected chi connectivity index (χ1v) is 9.71. The monoisotopic (exact) mass is 384 g/mol. The Morgan fingerprint density at radius 3 is 2.25 bits per heavy atom. The number of likely N-dealkylation sites (N-methyl/N-ethyl adjacent to an activating group) is 1. The molecule has 2 aromatic carbocycles. The van der Waals surface area contributed by atoms with Crippen LogP contribution in [-0.2, 0) is 22.4 Å². The van der Waals surface area contributed by atoms with Gasteiger partial charge in [-0.15, -0.1) is 0 Å². The second-order valence-corrected chi connectivity index (χ2v) is 7.03. The predicted molar refractivity (Wildman–Crippen MR) is 110 cm³/mol. The first kappa shape index (κ1) is 21.9. The third-order valence-corrected chi connectivity index (χ3v) is 4.91. The molecule has 0 spiro atoms. The maximum atomic E-state index is 13.0. The van der Waals surface area contributed by atoms with Crippen LogP contribution in [0.3, 0.4) is 0 Å². The van der Waals surface area contributed by atoms with Gasteiger partial charge in [-0.2, -0.15) is 0 Å². The maximum Gasteiger partial charge on any atom is 0.151 e. The smallest absolute Gasteiger partial charge is 0.151 e. The van der Waals surface area contributed by atoms with Crippen LogP contribution in [0, 0.1) is 5.82 Å². The highest BCUT2D eigenvalue weighted by atomic mass is 19.1. The van der Waals surface area contributed by atoms with Crippen LogP contribution in [0.25, 0.3) is 0 Å². The van der Waals surface area contributed by atoms with Gasteiger partial charge in [0.25, 0.3) is 0 Å². The van der Waals surface area contributed by atoms with Gasteiger partial charge in [0.2, 0.25) is 0 Å². The largest absolute Gasteiger partial charge is 0.311 e. The van der Waals surface area contributed by atoms with Crippen LogP contribution in [0.2, 0.25) is 0 Å². The molecule has 0 fully saturated rings. The lowest BCUT2D eigenvalue weighted by molar-refractivity contribution is -0.122. The van der Waals surface area contributed by atoms with Gasteiger partial charge in [-0.3, -0.25) is 9.59 Å². The first-order valence-electron chi connectivity index (χ1n) is 9.71. The number of hydrogen-bond acceptors (Lipinski definition) is 4. The molecule has 0 aliphatic carbocycles. The van der Waals surface area contributed by atoms with Crippen molar-refractivity contribution in [3.05, 3.63) is 71.5 Å². The zero-order valence-electron chi connectivity index (χ0n) is 16.6. The molecule has 2 N–H and O–H groups in total. The standard InChI is InChI=1S/C23H29FN2O2/c1-17(27)22(16-19-8-11-20(24)12-9-19)26-15-14-23(28)21(25-2)13-10-18-6-4-3-5-7-18/h3-9,11-12,21-22,25-26H,10,13-16H2,1-2H3/t21-,22-/m0/s1. The number of halogens is 1. The summed E-state index contributed by atoms with van der Waals surface area (Å²) >= 11 is 0. The molecule has 0 aliphatic heterocycles. The third-order valence-electron chi connectivity index (χ3n) is 4.91. The van der Waals surface area contributed by atoms with Crippen molar-refractivity contribution < 1.29 is 14.0 Å². The van der Waals surface area contributed by atoms with Crippen LogP contribution in [0.5, 0.6) is 0 Å². The van der Waals surface area contributed by atoms with Crippen LogP contribution >= 0.6 is 0 Å². The van der Waals surface area contributed by atoms with Crippen molar-refractivity contribution in [2.75, 3.05) is 13.6 Å². The Kier molecular flexibility index (Phi) is 8.98. The molecule has 0 unspecified atom stereocenters. The molecule has 0 saturated carbocycles. The molecule has 2 rings (SSSR count). The average molecular weight is 384 g/mol. The Labute approximate surface area is 166 Å². The molecule has 0 aromatic heterocycles. The average Bonchev–Trinajstić information content (AvgIpc) is 2.70. The van der Waals surface area contributed by atoms with Crippen molar-refractivity contribution in [1.29, 1.82) is 0 Å². The second kappa shape index (κ2) is 11.5. The molecule has 0 radical (unpaired) electrons. The molecular formula is C23H29FN2O2. The number of carbonyl (C=O) groups is 2. The molecule has 0 saturated heterocycles. The Morgan fingerprint density at radius 2 is 1.64 bits per heavy atom. The van der Waals surface area contributed by atoms with Crippen molar-refractivity contribution in [2.45, 2.75) is 44.7 Å². The predicted octanol–water partition coefficient (Wildman–Crippen LogP) is 3.10. The van der Waals surface area contributed by atoms with Crippen LogP contribution in [0.4, 0.5) is 4.39 Å². The minimum Gasteiger partial charge on any atom is -0.311 e. The van der Waals surface area contributed by atoms with Gasteiger partial charge in [-0.25, -0.2) is 4.39 Å². The first-order chi connectivity index (χ1) is 13.5. The molecule has 4 nitrogen and oxygen atoms in total. The summed E-state index contributed by atoms with van der Waals surface area (Å²) in [4.78, 5) is 24.4. The fourth-order valence-electron chi connectivity index (χ4n) is 3.18. The van der Waals surface area contributed by atoms with Gasteiger partial charge in [-0.1, -0.05) is 42.5 Å². The lowest BCUT2D eigenvalue weighted by Crippen LogP contribution is -2.41. The van der Waals surface area contributed by atoms with Crippen molar-refractivity contribution in [3.63, 3.8) is 0 Å². The number of carbonyl (C=O) groups excluding carboxylic acids is 2. The van der Waals surface area contributed by atoms with Gasteiger partial charge in [0.15, 0.2) is 5.78 Å². The van der Waals surface area contributed by atoms with Gasteiger partial charge in [-0.05, 0) is 56.5 Å². The van der Waals surface area contributed by atoms with Gasteiger partial charge < -0.3 is 10.6 Å². The highest BCUT2D eigenvalue weighted by Crippen LogP contribution is 2.08. The minimum atomic E-state index is -0.379. The van der Waals surface area contributed by atoms with E-state index in [1.54, 1.807) is 19.2 Å². The Hall–Kier alpha value is -2.37. The highest BCUT2D eigenvalue weighted by Gasteiger charge is 2.18. The molecule has 0 aliphatic rings. The Bertz CT molecular complexity index is 747. The summed E-state index contributed by atoms with van der Waals surface area (Å²) in [6.45, 7) is 1.97. The van der Waals surface area contributed by atoms with Gasteiger partial charge in [0.05, 0.1) is 12.1 Å². The number of aryl methyl sites for hydroxylation is 1. The number of nitrogens with one attached hydrogen (secondary N) is 2. The van der Waals surface area contributed by atoms with Crippen molar-refractivity contribution in [2.24, 2.45) is 0 Å². The number of benzene rings is 2. The van der Waals surface area contributed by atoms with E-state index in [9.17, 15) is 14.0 Å². The fraction of sp³-hybridized carbons (Fsp3) is 0.391. The van der Waals surface area contributed by atoms with E-state index in [1.807, 2.05) is 18.2 Å². The van der Waals surface area contributed by atoms with Crippen molar-refractivity contribution in [1.82, 2.24) is 10.6 Å². The summed E-state index contributed by atoms with van der Waals surface area (Å²) in [5, 5.41) is 6.27. The molecule has 0 bridgehead atoms. The topological polar surface area (TPSA) is 58.2 Å². The number of Topliss-reactive ketones (excluding diaryl/α,β-unsaturated/α-hetero) is 2. The molecule has 0 amide bonds. The van der Waals surface area contributed by atoms with Crippen LogP contribution in [0.15, 0.2) is 54.6 Å². The normalized spacial score (nSPS) is 13.1. The summed E-state index contributed by atoms with van der Waals surface area (Å²) in [6, 6.07) is 15.7. The quantitative estimate of drug-likeness (QED) is 0.590. The van der Waals surface area contributed by atoms with Crippen molar-refractivity contribution >= 4 is 11.6 Å². The SMILES string of the molecule is CN[C@@H](CCc1ccccc1)C(=O)CCN[C@@H](Cc1ccc(F)cc1)C(C)=O. The molecule has 2 aromatic rings. The van der Waals surface area contributed by atoms with Gasteiger partial charge >= 0.3 is 0 Å². The summed E-state index contributed by atoms with van der Waals surface area (Å²) in [5.41, 5.74) is 2.10. The Balaban J connectivity index is 1.80. The summed E-state index contributed by atoms with van der Waals surface area (Å²) in [7, 11) is 1.80. The Morgan fingerprint density at radius 1 is 0.964 bits per heavy atom. The zero-order valence-corrected chi connectivity index (χ0v) is 16.6. The van der Waals surface area contributed by atoms with E-state index in [2.05, 4.69) is 22.8 Å². The van der Waals surface area contributed by atoms with Gasteiger partial charge in [0, 0.05) is 13.0 Å². The van der Waals surface area contributed by atoms with Gasteiger partial charge in [0.1, 0.15) is 11.6 Å². The molecule has 0 heterocycles. The zero-order chi connectivity index (χ0) is 20.4. The number of ketones is 2. The van der Waals surface area contributed by atoms with Crippen LogP contribution in [-0.4, -0.2) is 37.2 Å². The molecule has 28 heavy (non-hydrogen) atoms. The lowest BCUT2D eigenvalue weighted by atomic mass is 10.00. The van der Waals surface area contributed by atoms with Crippen molar-refractivity contribution in [3.8, 4) is 0 Å². The van der Waals surface area contributed by atoms with E-state index in [-0.39, 0.29) is 29.5 Å². The summed E-state index contributed by atoms with van der Waals surface area (Å²) in [6.07, 6.45) is 2.41. The maximum absolute atomic E-state index is 13.0. The number of hydrogen-bond donors (Lipinski definition) is 2. The minimum absolute atomic E-state index is 0.00557. The molecular weight excluding hydrogens is 355 g/mol. The van der Waals surface area contributed by atoms with Crippen LogP contribution < -0.4 is 10.6 Å². The highest BCUT2D eigenvalue weighted by molar-refractivity contribution is 5.84. The second-order valence-electron chi connectivity index (χ2n) is 7.03.